The number of thiazole rings is 1. The van der Waals surface area contributed by atoms with Gasteiger partial charge in [-0.1, -0.05) is 246 Å². The Bertz CT molecular complexity index is 5340. The van der Waals surface area contributed by atoms with Gasteiger partial charge in [-0.05, 0) is 209 Å². The second-order valence-electron chi connectivity index (χ2n) is 38.0. The van der Waals surface area contributed by atoms with E-state index < -0.39 is 0 Å². The maximum atomic E-state index is 13.2. The number of nitrogens with one attached hydrogen (secondary N) is 6. The van der Waals surface area contributed by atoms with Crippen LogP contribution in [0.1, 0.15) is 245 Å². The number of aromatic nitrogens is 6. The Morgan fingerprint density at radius 1 is 0.384 bits per heavy atom. The van der Waals surface area contributed by atoms with Crippen LogP contribution in [0, 0.1) is 24.7 Å². The van der Waals surface area contributed by atoms with Crippen molar-refractivity contribution in [3.8, 4) is 0 Å². The molecular weight excluding hydrogens is 1770 g/mol. The first-order chi connectivity index (χ1) is 67.0. The smallest absolute Gasteiger partial charge is 0.240 e. The average molecular weight is 1910 g/mol. The summed E-state index contributed by atoms with van der Waals surface area (Å²) >= 11 is 3.17. The minimum Gasteiger partial charge on any atom is -0.444 e. The number of amides is 6. The lowest BCUT2D eigenvalue weighted by molar-refractivity contribution is -0.136. The predicted octanol–water partition coefficient (Wildman–Crippen LogP) is 18.1. The second-order valence-corrected chi connectivity index (χ2v) is 40.2. The number of nitrogens with zero attached hydrogens (tertiary/aromatic N) is 12. The molecule has 6 fully saturated rings. The molecule has 12 unspecified atom stereocenters. The SMILES string of the molecule is CNC1CCCC(c2ccccc2)N(CC2=CC(C)(C)C=C2)C1=O.CNC1CCCC(c2ccccc2)N(CC2=CC=CC2(C)C)C1=O.CNC1CCCC(c2ccccc2)N(Cc2cnc(C)o2)C1=O.CNC1CCCC(c2ccccc2)N(Cc2cnc(C)s2)C1=O.CNC1CCCC(c2ccccc2)N(Cc2nnco2)C1=O.CNC1CCCC(c2ccccc2)N(Cc2nncs2)C1=O. The fraction of sp³-hybridized carbons (Fsp3) is 0.455. The summed E-state index contributed by atoms with van der Waals surface area (Å²) in [4.78, 5) is 99.7. The van der Waals surface area contributed by atoms with Crippen LogP contribution >= 0.6 is 22.7 Å². The van der Waals surface area contributed by atoms with Crippen LogP contribution in [0.4, 0.5) is 0 Å². The van der Waals surface area contributed by atoms with Gasteiger partial charge in [0.2, 0.25) is 47.7 Å². The molecule has 6 saturated heterocycles. The first kappa shape index (κ1) is 104. The molecule has 10 heterocycles. The Kier molecular flexibility index (Phi) is 38.6. The fourth-order valence-corrected chi connectivity index (χ4v) is 21.5. The standard InChI is InChI=1S/2C21H28N2O.C18H23N3O2.C18H23N3OS.C16H20N4O2.C16H20N4OS/c1-21(2)14-8-11-17(21)15-23-19(16-9-5-4-6-10-16)13-7-12-18(22-3)20(23)24;1-21(2)13-12-16(14-21)15-23-19(17-8-5-4-6-9-17)11-7-10-18(22-3)20(23)24;2*1-13-20-11-15(23-13)12-21-17(14-7-4-3-5-8-14)10-6-9-16(19-2)18(21)22;2*1-17-13-8-5-9-14(12-6-3-2-4-7-12)20(16(13)21)10-15-19-18-11-22-15/h4-6,8-11,14,18-19,22H,7,12-13,15H2,1-3H3;4-6,8-9,12-14,18-19,22H,7,10-11,15H2,1-3H3;2*3-5,7-8,11,16-17,19H,6,9-10,12H2,1-2H3;2*2-4,6-7,11,13-14,17H,5,8-10H2,1H3. The first-order valence-electron chi connectivity index (χ1n) is 49.3. The van der Waals surface area contributed by atoms with Crippen LogP contribution in [-0.4, -0.2) is 187 Å². The van der Waals surface area contributed by atoms with Crippen LogP contribution in [0.5, 0.6) is 0 Å². The molecule has 2 aliphatic carbocycles. The zero-order chi connectivity index (χ0) is 97.5. The molecule has 0 spiro atoms. The maximum absolute atomic E-state index is 13.2. The summed E-state index contributed by atoms with van der Waals surface area (Å²) in [6, 6.07) is 62.0. The summed E-state index contributed by atoms with van der Waals surface area (Å²) in [5.41, 5.74) is 11.6. The van der Waals surface area contributed by atoms with Crippen LogP contribution in [0.15, 0.2) is 263 Å². The van der Waals surface area contributed by atoms with E-state index in [1.807, 2.05) is 155 Å². The molecule has 0 radical (unpaired) electrons. The molecule has 28 heteroatoms. The number of rotatable bonds is 24. The third-order valence-electron chi connectivity index (χ3n) is 27.8. The molecule has 6 aliphatic heterocycles. The van der Waals surface area contributed by atoms with E-state index in [0.717, 1.165) is 142 Å². The minimum atomic E-state index is -0.156. The summed E-state index contributed by atoms with van der Waals surface area (Å²) in [5.74, 6) is 2.85. The van der Waals surface area contributed by atoms with Gasteiger partial charge in [0.25, 0.3) is 0 Å². The number of likely N-dealkylation sites (N-methyl/N-ethyl adjacent to an activating group) is 6. The topological polar surface area (TPSA) is 298 Å². The predicted molar refractivity (Wildman–Crippen MR) is 545 cm³/mol. The Morgan fingerprint density at radius 3 is 1.02 bits per heavy atom. The number of aryl methyl sites for hydroxylation is 2. The van der Waals surface area contributed by atoms with E-state index in [1.54, 1.807) is 23.0 Å². The van der Waals surface area contributed by atoms with Crippen LogP contribution < -0.4 is 31.9 Å². The number of allylic oxidation sites excluding steroid dienone is 5. The molecule has 18 rings (SSSR count). The number of carbonyl (C=O) groups is 6. The molecule has 0 bridgehead atoms. The third kappa shape index (κ3) is 27.9. The number of carbonyl (C=O) groups excluding carboxylic acids is 6. The van der Waals surface area contributed by atoms with Gasteiger partial charge in [-0.2, -0.15) is 0 Å². The van der Waals surface area contributed by atoms with Gasteiger partial charge in [-0.25, -0.2) is 9.97 Å². The average Bonchev–Trinajstić information content (AvgIpc) is 1.60. The molecule has 6 N–H and O–H groups in total. The summed E-state index contributed by atoms with van der Waals surface area (Å²) < 4.78 is 10.8. The summed E-state index contributed by atoms with van der Waals surface area (Å²) in [6.45, 7) is 16.0. The van der Waals surface area contributed by atoms with Crippen molar-refractivity contribution in [1.29, 1.82) is 0 Å². The molecular formula is C110H142N18O8S2. The lowest BCUT2D eigenvalue weighted by atomic mass is 9.86. The van der Waals surface area contributed by atoms with E-state index in [2.05, 4.69) is 245 Å². The van der Waals surface area contributed by atoms with Crippen LogP contribution in [0.3, 0.4) is 0 Å². The molecule has 8 aliphatic rings. The van der Waals surface area contributed by atoms with E-state index in [4.69, 9.17) is 8.83 Å². The quantitative estimate of drug-likeness (QED) is 0.0327. The Morgan fingerprint density at radius 2 is 0.732 bits per heavy atom. The molecule has 4 aromatic heterocycles. The lowest BCUT2D eigenvalue weighted by Gasteiger charge is -2.35. The molecule has 26 nitrogen and oxygen atoms in total. The molecule has 12 atom stereocenters. The zero-order valence-electron chi connectivity index (χ0n) is 82.4. The van der Waals surface area contributed by atoms with E-state index >= 15 is 0 Å². The second kappa shape index (κ2) is 51.4. The van der Waals surface area contributed by atoms with Gasteiger partial charge in [-0.15, -0.1) is 43.1 Å². The van der Waals surface area contributed by atoms with Crippen LogP contribution in [0.2, 0.25) is 0 Å². The highest BCUT2D eigenvalue weighted by Crippen LogP contribution is 2.42. The number of oxazole rings is 1. The van der Waals surface area contributed by atoms with Gasteiger partial charge in [0.1, 0.15) is 16.3 Å². The van der Waals surface area contributed by atoms with Crippen molar-refractivity contribution in [3.05, 3.63) is 320 Å². The van der Waals surface area contributed by atoms with Crippen molar-refractivity contribution in [3.63, 3.8) is 0 Å². The van der Waals surface area contributed by atoms with Crippen LogP contribution in [0.25, 0.3) is 0 Å². The first-order valence-corrected chi connectivity index (χ1v) is 51.0. The number of likely N-dealkylation sites (tertiary alicyclic amines) is 6. The molecule has 732 valence electrons. The van der Waals surface area contributed by atoms with Crippen LogP contribution in [-0.2, 0) is 54.9 Å². The largest absolute Gasteiger partial charge is 0.444 e. The highest BCUT2D eigenvalue weighted by atomic mass is 32.1. The highest BCUT2D eigenvalue weighted by Gasteiger charge is 2.42. The molecule has 6 aromatic carbocycles. The third-order valence-corrected chi connectivity index (χ3v) is 29.4. The van der Waals surface area contributed by atoms with Gasteiger partial charge in [0, 0.05) is 41.9 Å². The number of benzene rings is 6. The number of hydrogen-bond acceptors (Lipinski definition) is 22. The lowest BCUT2D eigenvalue weighted by Crippen LogP contribution is -2.46. The Balaban J connectivity index is 0.000000140. The normalized spacial score (nSPS) is 23.8. The minimum absolute atomic E-state index is 0.0307. The van der Waals surface area contributed by atoms with Crippen molar-refractivity contribution in [1.82, 2.24) is 91.7 Å². The Hall–Kier alpha value is -11.6. The van der Waals surface area contributed by atoms with Gasteiger partial charge >= 0.3 is 0 Å². The summed E-state index contributed by atoms with van der Waals surface area (Å²) in [6.07, 6.45) is 35.6. The molecule has 138 heavy (non-hydrogen) atoms. The summed E-state index contributed by atoms with van der Waals surface area (Å²) in [5, 5.41) is 36.6. The number of hydrogen-bond donors (Lipinski definition) is 6. The monoisotopic (exact) mass is 1910 g/mol. The van der Waals surface area contributed by atoms with E-state index in [9.17, 15) is 28.8 Å². The van der Waals surface area contributed by atoms with Crippen molar-refractivity contribution in [2.75, 3.05) is 55.4 Å². The highest BCUT2D eigenvalue weighted by molar-refractivity contribution is 7.11. The Labute approximate surface area is 823 Å². The molecule has 10 aromatic rings. The van der Waals surface area contributed by atoms with Crippen molar-refractivity contribution in [2.24, 2.45) is 10.8 Å². The van der Waals surface area contributed by atoms with Gasteiger partial charge in [0.05, 0.1) is 110 Å². The van der Waals surface area contributed by atoms with Gasteiger partial charge in [-0.3, -0.25) is 28.8 Å². The van der Waals surface area contributed by atoms with Crippen molar-refractivity contribution in [2.45, 2.75) is 256 Å². The van der Waals surface area contributed by atoms with E-state index in [-0.39, 0.29) is 119 Å². The van der Waals surface area contributed by atoms with Crippen molar-refractivity contribution < 1.29 is 37.6 Å². The maximum Gasteiger partial charge on any atom is 0.240 e. The van der Waals surface area contributed by atoms with E-state index in [1.165, 1.54) is 56.7 Å². The van der Waals surface area contributed by atoms with Gasteiger partial charge in [0.15, 0.2) is 5.89 Å². The van der Waals surface area contributed by atoms with Gasteiger partial charge < -0.3 is 70.1 Å². The van der Waals surface area contributed by atoms with E-state index in [0.29, 0.717) is 51.0 Å². The summed E-state index contributed by atoms with van der Waals surface area (Å²) in [7, 11) is 11.2. The molecule has 0 saturated carbocycles. The van der Waals surface area contributed by atoms with Crippen molar-refractivity contribution >= 4 is 58.1 Å². The zero-order valence-corrected chi connectivity index (χ0v) is 84.1. The fourth-order valence-electron chi connectivity index (χ4n) is 20.2. The molecule has 6 amide bonds.